The van der Waals surface area contributed by atoms with Crippen molar-refractivity contribution < 1.29 is 89.4 Å². The molecule has 3 aliphatic heterocycles. The minimum absolute atomic E-state index is 0.255. The van der Waals surface area contributed by atoms with Gasteiger partial charge in [0.25, 0.3) is 0 Å². The summed E-state index contributed by atoms with van der Waals surface area (Å²) in [5.41, 5.74) is 0. The molecule has 17 atom stereocenters. The second-order valence-corrected chi connectivity index (χ2v) is 21.8. The number of ether oxygens (including phenoxy) is 6. The number of aliphatic hydroxyl groups is 11. The number of aliphatic hydroxyl groups excluding tert-OH is 11. The molecule has 0 aromatic carbocycles. The molecule has 19 nitrogen and oxygen atoms in total. The second kappa shape index (κ2) is 43.4. The van der Waals surface area contributed by atoms with Crippen molar-refractivity contribution in [1.82, 2.24) is 5.32 Å². The first-order valence-corrected chi connectivity index (χ1v) is 30.4. The van der Waals surface area contributed by atoms with Crippen molar-refractivity contribution in [3.05, 3.63) is 48.6 Å². The lowest BCUT2D eigenvalue weighted by Crippen LogP contribution is -2.66. The van der Waals surface area contributed by atoms with Gasteiger partial charge < -0.3 is 89.9 Å². The first kappa shape index (κ1) is 71.0. The van der Waals surface area contributed by atoms with E-state index in [4.69, 9.17) is 28.4 Å². The van der Waals surface area contributed by atoms with E-state index in [1.807, 2.05) is 6.92 Å². The topological polar surface area (TPSA) is 307 Å². The van der Waals surface area contributed by atoms with Crippen molar-refractivity contribution in [3.8, 4) is 0 Å². The molecule has 3 rings (SSSR count). The van der Waals surface area contributed by atoms with E-state index in [9.17, 15) is 61.0 Å². The smallest absolute Gasteiger partial charge is 0.220 e. The van der Waals surface area contributed by atoms with Crippen molar-refractivity contribution in [2.24, 2.45) is 0 Å². The molecular formula is C60H107NO18. The van der Waals surface area contributed by atoms with E-state index in [2.05, 4.69) is 60.8 Å². The highest BCUT2D eigenvalue weighted by atomic mass is 16.8. The number of nitrogens with one attached hydrogen (secondary N) is 1. The standard InChI is InChI=1S/C60H107NO18/c1-3-5-7-8-9-10-11-12-13-14-15-16-17-18-19-20-21-22-23-24-25-26-27-28-29-30-31-32-33-34-36-38-48(66)61-43(44(65)37-35-6-4-2)42-74-58-54(72)51(69)56(46(40-63)76-58)79-60-55(73)52(70)57(47(41-64)77-60)78-59-53(71)50(68)49(67)45(39-62)75-59/h5,7,9-10,12-13,15-16,43-47,49-60,62-65,67-73H,3-4,6,8,11,14,17-42H2,1-2H3,(H,61,66)/b7-5-,10-9-,13-12-,16-15-. The summed E-state index contributed by atoms with van der Waals surface area (Å²) in [5, 5.41) is 119. The Morgan fingerprint density at radius 2 is 0.873 bits per heavy atom. The van der Waals surface area contributed by atoms with Gasteiger partial charge in [-0.1, -0.05) is 184 Å². The van der Waals surface area contributed by atoms with Gasteiger partial charge in [-0.05, 0) is 51.4 Å². The number of amides is 1. The van der Waals surface area contributed by atoms with E-state index in [0.717, 1.165) is 57.8 Å². The average Bonchev–Trinajstić information content (AvgIpc) is 3.55. The minimum atomic E-state index is -1.97. The Hall–Kier alpha value is -2.25. The highest BCUT2D eigenvalue weighted by molar-refractivity contribution is 5.76. The van der Waals surface area contributed by atoms with E-state index in [0.29, 0.717) is 19.3 Å². The van der Waals surface area contributed by atoms with Gasteiger partial charge in [-0.2, -0.15) is 0 Å². The summed E-state index contributed by atoms with van der Waals surface area (Å²) in [5.74, 6) is -0.255. The van der Waals surface area contributed by atoms with Crippen molar-refractivity contribution in [2.45, 2.75) is 298 Å². The van der Waals surface area contributed by atoms with Crippen LogP contribution in [0.15, 0.2) is 48.6 Å². The number of hydrogen-bond acceptors (Lipinski definition) is 18. The summed E-state index contributed by atoms with van der Waals surface area (Å²) < 4.78 is 34.0. The molecule has 0 aromatic heterocycles. The average molecular weight is 1130 g/mol. The molecule has 3 heterocycles. The number of unbranched alkanes of at least 4 members (excludes halogenated alkanes) is 20. The first-order chi connectivity index (χ1) is 38.3. The van der Waals surface area contributed by atoms with Gasteiger partial charge in [0.2, 0.25) is 5.91 Å². The Kier molecular flexibility index (Phi) is 39.0. The Balaban J connectivity index is 1.27. The maximum Gasteiger partial charge on any atom is 0.220 e. The largest absolute Gasteiger partial charge is 0.394 e. The van der Waals surface area contributed by atoms with Crippen LogP contribution >= 0.6 is 0 Å². The van der Waals surface area contributed by atoms with Crippen molar-refractivity contribution in [2.75, 3.05) is 26.4 Å². The normalized spacial score (nSPS) is 30.6. The second-order valence-electron chi connectivity index (χ2n) is 21.8. The quantitative estimate of drug-likeness (QED) is 0.0265. The Labute approximate surface area is 472 Å². The number of carbonyl (C=O) groups excluding carboxylic acids is 1. The molecule has 17 unspecified atom stereocenters. The molecule has 0 radical (unpaired) electrons. The molecular weight excluding hydrogens is 1020 g/mol. The van der Waals surface area contributed by atoms with E-state index < -0.39 is 124 Å². The van der Waals surface area contributed by atoms with Crippen LogP contribution in [0, 0.1) is 0 Å². The van der Waals surface area contributed by atoms with Gasteiger partial charge >= 0.3 is 0 Å². The fourth-order valence-electron chi connectivity index (χ4n) is 10.2. The molecule has 19 heteroatoms. The molecule has 0 bridgehead atoms. The Bertz CT molecular complexity index is 1630. The van der Waals surface area contributed by atoms with Crippen LogP contribution in [0.2, 0.25) is 0 Å². The highest BCUT2D eigenvalue weighted by Gasteiger charge is 2.53. The van der Waals surface area contributed by atoms with Gasteiger partial charge in [0.15, 0.2) is 18.9 Å². The zero-order valence-electron chi connectivity index (χ0n) is 47.8. The molecule has 3 fully saturated rings. The van der Waals surface area contributed by atoms with Crippen LogP contribution in [0.4, 0.5) is 0 Å². The van der Waals surface area contributed by atoms with Crippen LogP contribution in [0.3, 0.4) is 0 Å². The Morgan fingerprint density at radius 1 is 0.468 bits per heavy atom. The van der Waals surface area contributed by atoms with Gasteiger partial charge in [-0.3, -0.25) is 4.79 Å². The van der Waals surface area contributed by atoms with Crippen LogP contribution in [0.5, 0.6) is 0 Å². The third-order valence-corrected chi connectivity index (χ3v) is 15.2. The van der Waals surface area contributed by atoms with Crippen LogP contribution in [0.1, 0.15) is 194 Å². The number of carbonyl (C=O) groups is 1. The minimum Gasteiger partial charge on any atom is -0.394 e. The number of allylic oxidation sites excluding steroid dienone is 8. The fraction of sp³-hybridized carbons (Fsp3) is 0.850. The third-order valence-electron chi connectivity index (χ3n) is 15.2. The van der Waals surface area contributed by atoms with Crippen molar-refractivity contribution in [3.63, 3.8) is 0 Å². The summed E-state index contributed by atoms with van der Waals surface area (Å²) in [4.78, 5) is 13.2. The molecule has 3 aliphatic rings. The maximum absolute atomic E-state index is 13.2. The predicted octanol–water partition coefficient (Wildman–Crippen LogP) is 5.48. The summed E-state index contributed by atoms with van der Waals surface area (Å²) >= 11 is 0. The Morgan fingerprint density at radius 3 is 1.34 bits per heavy atom. The molecule has 0 aromatic rings. The van der Waals surface area contributed by atoms with Gasteiger partial charge in [0.05, 0.1) is 38.6 Å². The van der Waals surface area contributed by atoms with Gasteiger partial charge in [0.1, 0.15) is 73.2 Å². The molecule has 0 spiro atoms. The van der Waals surface area contributed by atoms with Crippen LogP contribution < -0.4 is 5.32 Å². The number of rotatable bonds is 44. The summed E-state index contributed by atoms with van der Waals surface area (Å²) in [7, 11) is 0. The first-order valence-electron chi connectivity index (χ1n) is 30.4. The van der Waals surface area contributed by atoms with Gasteiger partial charge in [0, 0.05) is 6.42 Å². The lowest BCUT2D eigenvalue weighted by atomic mass is 9.96. The molecule has 12 N–H and O–H groups in total. The lowest BCUT2D eigenvalue weighted by Gasteiger charge is -2.48. The van der Waals surface area contributed by atoms with E-state index in [1.54, 1.807) is 0 Å². The molecule has 3 saturated heterocycles. The van der Waals surface area contributed by atoms with Crippen molar-refractivity contribution in [1.29, 1.82) is 0 Å². The number of hydrogen-bond donors (Lipinski definition) is 12. The fourth-order valence-corrected chi connectivity index (χ4v) is 10.2. The maximum atomic E-state index is 13.2. The van der Waals surface area contributed by atoms with Crippen molar-refractivity contribution >= 4 is 5.91 Å². The van der Waals surface area contributed by atoms with Gasteiger partial charge in [-0.15, -0.1) is 0 Å². The van der Waals surface area contributed by atoms with E-state index in [1.165, 1.54) is 96.3 Å². The molecule has 0 saturated carbocycles. The van der Waals surface area contributed by atoms with Crippen LogP contribution in [-0.4, -0.2) is 193 Å². The monoisotopic (exact) mass is 1130 g/mol. The van der Waals surface area contributed by atoms with Gasteiger partial charge in [-0.25, -0.2) is 0 Å². The molecule has 79 heavy (non-hydrogen) atoms. The SMILES string of the molecule is CC/C=C\C/C=C\C/C=C\C/C=C\CCCCCCCCCCCCCCCCCCCCC(=O)NC(COC1OC(CO)C(OC2OC(CO)C(OC3OC(CO)C(O)C(O)C3O)C(O)C2O)C(O)C1O)C(O)CCCCC. The third kappa shape index (κ3) is 27.3. The zero-order valence-corrected chi connectivity index (χ0v) is 47.8. The molecule has 1 amide bonds. The molecule has 460 valence electrons. The molecule has 0 aliphatic carbocycles. The highest BCUT2D eigenvalue weighted by Crippen LogP contribution is 2.33. The lowest BCUT2D eigenvalue weighted by molar-refractivity contribution is -0.379. The summed E-state index contributed by atoms with van der Waals surface area (Å²) in [6.07, 6.45) is 22.1. The summed E-state index contributed by atoms with van der Waals surface area (Å²) in [6.45, 7) is 1.48. The summed E-state index contributed by atoms with van der Waals surface area (Å²) in [6, 6.07) is -0.882. The van der Waals surface area contributed by atoms with E-state index in [-0.39, 0.29) is 18.9 Å². The van der Waals surface area contributed by atoms with Crippen LogP contribution in [0.25, 0.3) is 0 Å². The van der Waals surface area contributed by atoms with E-state index >= 15 is 0 Å². The zero-order chi connectivity index (χ0) is 57.6. The predicted molar refractivity (Wildman–Crippen MR) is 300 cm³/mol. The van der Waals surface area contributed by atoms with Crippen LogP contribution in [-0.2, 0) is 33.2 Å².